The smallest absolute Gasteiger partial charge is 0.0353 e. The topological polar surface area (TPSA) is 24.4 Å². The molecule has 0 aromatic heterocycles. The van der Waals surface area contributed by atoms with Gasteiger partial charge in [0, 0.05) is 19.8 Å². The maximum atomic E-state index is 3.99. The highest BCUT2D eigenvalue weighted by molar-refractivity contribution is 5.57. The molecule has 0 unspecified atom stereocenters. The van der Waals surface area contributed by atoms with Crippen molar-refractivity contribution in [3.05, 3.63) is 22.9 Å². The molecule has 0 aromatic carbocycles. The minimum Gasteiger partial charge on any atom is -0.388 e. The van der Waals surface area contributed by atoms with Crippen molar-refractivity contribution >= 4 is 6.21 Å². The van der Waals surface area contributed by atoms with Crippen LogP contribution in [0.2, 0.25) is 0 Å². The summed E-state index contributed by atoms with van der Waals surface area (Å²) in [5.74, 6) is 0. The number of nitrogens with one attached hydrogen (secondary N) is 1. The van der Waals surface area contributed by atoms with Gasteiger partial charge in [-0.05, 0) is 50.5 Å². The predicted octanol–water partition coefficient (Wildman–Crippen LogP) is 3.32. The molecule has 0 bridgehead atoms. The molecule has 0 aliphatic carbocycles. The first-order valence-corrected chi connectivity index (χ1v) is 5.62. The van der Waals surface area contributed by atoms with Gasteiger partial charge in [0.25, 0.3) is 0 Å². The summed E-state index contributed by atoms with van der Waals surface area (Å²) in [6.07, 6.45) is 7.40. The van der Waals surface area contributed by atoms with Crippen LogP contribution < -0.4 is 5.32 Å². The lowest BCUT2D eigenvalue weighted by Crippen LogP contribution is -2.09. The van der Waals surface area contributed by atoms with Gasteiger partial charge in [0.15, 0.2) is 0 Å². The standard InChI is InChI=1S/C13H24N2/c1-6-8-11(2)13(15-5)12(3)9-7-10-14-4/h8,10,15H,6-7,9H2,1-5H3/b11-8-,13-12+,14-10?. The van der Waals surface area contributed by atoms with Crippen molar-refractivity contribution in [1.29, 1.82) is 0 Å². The van der Waals surface area contributed by atoms with Gasteiger partial charge in [0.05, 0.1) is 0 Å². The lowest BCUT2D eigenvalue weighted by molar-refractivity contribution is 0.906. The van der Waals surface area contributed by atoms with Crippen LogP contribution in [-0.4, -0.2) is 20.3 Å². The van der Waals surface area contributed by atoms with Crippen molar-refractivity contribution < 1.29 is 0 Å². The lowest BCUT2D eigenvalue weighted by Gasteiger charge is -2.12. The second-order valence-electron chi connectivity index (χ2n) is 3.68. The maximum Gasteiger partial charge on any atom is 0.0353 e. The first-order valence-electron chi connectivity index (χ1n) is 5.62. The number of nitrogens with zero attached hydrogens (tertiary/aromatic N) is 1. The molecule has 0 saturated heterocycles. The number of aliphatic imine (C=N–C) groups is 1. The minimum absolute atomic E-state index is 1.02. The summed E-state index contributed by atoms with van der Waals surface area (Å²) in [4.78, 5) is 3.99. The summed E-state index contributed by atoms with van der Waals surface area (Å²) < 4.78 is 0. The Morgan fingerprint density at radius 1 is 1.33 bits per heavy atom. The Labute approximate surface area is 94.2 Å². The van der Waals surface area contributed by atoms with Gasteiger partial charge in [0.1, 0.15) is 0 Å². The van der Waals surface area contributed by atoms with Crippen LogP contribution in [0, 0.1) is 0 Å². The number of hydrogen-bond donors (Lipinski definition) is 1. The van der Waals surface area contributed by atoms with Crippen molar-refractivity contribution in [2.45, 2.75) is 40.0 Å². The Morgan fingerprint density at radius 2 is 2.00 bits per heavy atom. The number of allylic oxidation sites excluding steroid dienone is 3. The van der Waals surface area contributed by atoms with E-state index in [0.717, 1.165) is 19.3 Å². The fourth-order valence-electron chi connectivity index (χ4n) is 1.69. The van der Waals surface area contributed by atoms with E-state index in [-0.39, 0.29) is 0 Å². The largest absolute Gasteiger partial charge is 0.388 e. The maximum absolute atomic E-state index is 3.99. The molecule has 0 heterocycles. The van der Waals surface area contributed by atoms with Crippen LogP contribution in [-0.2, 0) is 0 Å². The van der Waals surface area contributed by atoms with Crippen molar-refractivity contribution in [1.82, 2.24) is 5.32 Å². The van der Waals surface area contributed by atoms with E-state index in [1.807, 2.05) is 20.3 Å². The molecule has 86 valence electrons. The summed E-state index contributed by atoms with van der Waals surface area (Å²) >= 11 is 0. The van der Waals surface area contributed by atoms with E-state index in [4.69, 9.17) is 0 Å². The zero-order valence-corrected chi connectivity index (χ0v) is 10.7. The second kappa shape index (κ2) is 8.27. The van der Waals surface area contributed by atoms with Gasteiger partial charge in [-0.25, -0.2) is 0 Å². The van der Waals surface area contributed by atoms with E-state index < -0.39 is 0 Å². The van der Waals surface area contributed by atoms with Crippen LogP contribution in [0.25, 0.3) is 0 Å². The van der Waals surface area contributed by atoms with E-state index in [1.165, 1.54) is 16.8 Å². The first-order chi connectivity index (χ1) is 7.17. The Hall–Kier alpha value is -1.05. The molecular formula is C13H24N2. The molecule has 0 aliphatic heterocycles. The molecule has 2 nitrogen and oxygen atoms in total. The van der Waals surface area contributed by atoms with E-state index in [1.54, 1.807) is 0 Å². The monoisotopic (exact) mass is 208 g/mol. The van der Waals surface area contributed by atoms with Crippen LogP contribution in [0.1, 0.15) is 40.0 Å². The molecular weight excluding hydrogens is 184 g/mol. The highest BCUT2D eigenvalue weighted by Crippen LogP contribution is 2.15. The zero-order valence-electron chi connectivity index (χ0n) is 10.7. The fraction of sp³-hybridized carbons (Fsp3) is 0.615. The van der Waals surface area contributed by atoms with Crippen LogP contribution >= 0.6 is 0 Å². The molecule has 0 radical (unpaired) electrons. The summed E-state index contributed by atoms with van der Waals surface area (Å²) in [6.45, 7) is 6.50. The third kappa shape index (κ3) is 5.40. The normalized spacial score (nSPS) is 14.3. The fourth-order valence-corrected chi connectivity index (χ4v) is 1.69. The van der Waals surface area contributed by atoms with E-state index >= 15 is 0 Å². The molecule has 0 amide bonds. The molecule has 0 atom stereocenters. The van der Waals surface area contributed by atoms with Gasteiger partial charge in [-0.2, -0.15) is 0 Å². The Morgan fingerprint density at radius 3 is 2.47 bits per heavy atom. The summed E-state index contributed by atoms with van der Waals surface area (Å²) in [7, 11) is 3.81. The van der Waals surface area contributed by atoms with Gasteiger partial charge in [-0.1, -0.05) is 13.0 Å². The average Bonchev–Trinajstić information content (AvgIpc) is 2.19. The third-order valence-electron chi connectivity index (χ3n) is 2.41. The van der Waals surface area contributed by atoms with Crippen LogP contribution in [0.15, 0.2) is 27.9 Å². The SMILES string of the molecule is CC/C=C(C)\C(NC)=C(\C)CCC=NC. The Balaban J connectivity index is 4.58. The average molecular weight is 208 g/mol. The van der Waals surface area contributed by atoms with Crippen molar-refractivity contribution in [3.63, 3.8) is 0 Å². The quantitative estimate of drug-likeness (QED) is 0.525. The van der Waals surface area contributed by atoms with Crippen molar-refractivity contribution in [2.75, 3.05) is 14.1 Å². The molecule has 15 heavy (non-hydrogen) atoms. The van der Waals surface area contributed by atoms with E-state index in [9.17, 15) is 0 Å². The second-order valence-corrected chi connectivity index (χ2v) is 3.68. The highest BCUT2D eigenvalue weighted by Gasteiger charge is 2.01. The molecule has 2 heteroatoms. The lowest BCUT2D eigenvalue weighted by atomic mass is 10.0. The van der Waals surface area contributed by atoms with Gasteiger partial charge in [-0.3, -0.25) is 0 Å². The van der Waals surface area contributed by atoms with E-state index in [2.05, 4.69) is 37.2 Å². The molecule has 1 N–H and O–H groups in total. The van der Waals surface area contributed by atoms with Gasteiger partial charge in [-0.15, -0.1) is 0 Å². The Kier molecular flexibility index (Phi) is 7.69. The summed E-state index contributed by atoms with van der Waals surface area (Å²) in [5.41, 5.74) is 4.02. The third-order valence-corrected chi connectivity index (χ3v) is 2.41. The number of rotatable bonds is 6. The van der Waals surface area contributed by atoms with Crippen molar-refractivity contribution in [2.24, 2.45) is 4.99 Å². The zero-order chi connectivity index (χ0) is 11.7. The van der Waals surface area contributed by atoms with Gasteiger partial charge < -0.3 is 10.3 Å². The molecule has 0 fully saturated rings. The van der Waals surface area contributed by atoms with Crippen LogP contribution in [0.3, 0.4) is 0 Å². The molecule has 0 saturated carbocycles. The summed E-state index contributed by atoms with van der Waals surface area (Å²) in [6, 6.07) is 0. The number of hydrogen-bond acceptors (Lipinski definition) is 2. The molecule has 0 aromatic rings. The predicted molar refractivity (Wildman–Crippen MR) is 69.5 cm³/mol. The summed E-state index contributed by atoms with van der Waals surface area (Å²) in [5, 5.41) is 3.28. The first kappa shape index (κ1) is 13.9. The molecule has 0 rings (SSSR count). The number of likely N-dealkylation sites (N-methyl/N-ethyl adjacent to an activating group) is 1. The van der Waals surface area contributed by atoms with Crippen molar-refractivity contribution in [3.8, 4) is 0 Å². The highest BCUT2D eigenvalue weighted by atomic mass is 14.8. The van der Waals surface area contributed by atoms with Crippen LogP contribution in [0.4, 0.5) is 0 Å². The van der Waals surface area contributed by atoms with E-state index in [0.29, 0.717) is 0 Å². The molecule has 0 spiro atoms. The molecule has 0 aliphatic rings. The van der Waals surface area contributed by atoms with Gasteiger partial charge >= 0.3 is 0 Å². The Bertz CT molecular complexity index is 260. The van der Waals surface area contributed by atoms with Gasteiger partial charge in [0.2, 0.25) is 0 Å². The minimum atomic E-state index is 1.02. The van der Waals surface area contributed by atoms with Crippen LogP contribution in [0.5, 0.6) is 0 Å².